The lowest BCUT2D eigenvalue weighted by Crippen LogP contribution is -2.08. The lowest BCUT2D eigenvalue weighted by molar-refractivity contribution is -0.137. The molecule has 2 heterocycles. The molecule has 1 aromatic carbocycles. The molecule has 9 heteroatoms. The van der Waals surface area contributed by atoms with Crippen LogP contribution in [-0.4, -0.2) is 42.5 Å². The highest BCUT2D eigenvalue weighted by Crippen LogP contribution is 2.16. The minimum Gasteiger partial charge on any atom is -0.492 e. The van der Waals surface area contributed by atoms with Crippen LogP contribution in [0.25, 0.3) is 11.3 Å². The van der Waals surface area contributed by atoms with Crippen molar-refractivity contribution in [3.63, 3.8) is 0 Å². The van der Waals surface area contributed by atoms with Gasteiger partial charge in [-0.15, -0.1) is 5.10 Å². The highest BCUT2D eigenvalue weighted by Gasteiger charge is 2.08. The van der Waals surface area contributed by atoms with Gasteiger partial charge in [-0.1, -0.05) is 16.8 Å². The van der Waals surface area contributed by atoms with Crippen LogP contribution in [0.2, 0.25) is 5.02 Å². The van der Waals surface area contributed by atoms with Gasteiger partial charge in [-0.05, 0) is 24.3 Å². The van der Waals surface area contributed by atoms with Crippen molar-refractivity contribution in [3.8, 4) is 17.0 Å². The minimum atomic E-state index is -0.951. The third-order valence-electron chi connectivity index (χ3n) is 3.17. The summed E-state index contributed by atoms with van der Waals surface area (Å²) in [5, 5.41) is 21.5. The van der Waals surface area contributed by atoms with E-state index in [-0.39, 0.29) is 6.54 Å². The van der Waals surface area contributed by atoms with Crippen molar-refractivity contribution in [2.75, 3.05) is 6.61 Å². The number of aliphatic carboxylic acids is 1. The second kappa shape index (κ2) is 7.14. The molecule has 0 saturated heterocycles. The van der Waals surface area contributed by atoms with Gasteiger partial charge in [0.25, 0.3) is 0 Å². The predicted octanol–water partition coefficient (Wildman–Crippen LogP) is 1.96. The lowest BCUT2D eigenvalue weighted by atomic mass is 10.3. The summed E-state index contributed by atoms with van der Waals surface area (Å²) in [5.41, 5.74) is 1.33. The first-order valence-corrected chi connectivity index (χ1v) is 7.51. The second-order valence-corrected chi connectivity index (χ2v) is 5.43. The van der Waals surface area contributed by atoms with Crippen LogP contribution < -0.4 is 4.74 Å². The monoisotopic (exact) mass is 347 g/mol. The van der Waals surface area contributed by atoms with Gasteiger partial charge in [-0.25, -0.2) is 4.68 Å². The van der Waals surface area contributed by atoms with Crippen LogP contribution >= 0.6 is 11.6 Å². The van der Waals surface area contributed by atoms with Crippen molar-refractivity contribution in [1.82, 2.24) is 24.8 Å². The summed E-state index contributed by atoms with van der Waals surface area (Å²) < 4.78 is 8.59. The number of benzene rings is 1. The Morgan fingerprint density at radius 2 is 2.00 bits per heavy atom. The van der Waals surface area contributed by atoms with Crippen molar-refractivity contribution >= 4 is 17.6 Å². The van der Waals surface area contributed by atoms with E-state index in [2.05, 4.69) is 15.4 Å². The number of carboxylic acids is 1. The van der Waals surface area contributed by atoms with Crippen LogP contribution in [0.5, 0.6) is 5.75 Å². The molecule has 0 fully saturated rings. The smallest absolute Gasteiger partial charge is 0.325 e. The normalized spacial score (nSPS) is 10.7. The summed E-state index contributed by atoms with van der Waals surface area (Å²) in [7, 11) is 0. The maximum absolute atomic E-state index is 10.7. The Hall–Kier alpha value is -2.87. The van der Waals surface area contributed by atoms with Gasteiger partial charge in [-0.3, -0.25) is 9.48 Å². The molecule has 0 aliphatic rings. The van der Waals surface area contributed by atoms with Crippen molar-refractivity contribution in [2.45, 2.75) is 13.1 Å². The van der Waals surface area contributed by atoms with Crippen LogP contribution in [0.1, 0.15) is 0 Å². The average molecular weight is 348 g/mol. The molecule has 0 amide bonds. The fraction of sp³-hybridized carbons (Fsp3) is 0.200. The quantitative estimate of drug-likeness (QED) is 0.702. The zero-order valence-electron chi connectivity index (χ0n) is 12.5. The third kappa shape index (κ3) is 4.11. The van der Waals surface area contributed by atoms with Gasteiger partial charge < -0.3 is 9.84 Å². The van der Waals surface area contributed by atoms with E-state index in [1.54, 1.807) is 47.5 Å². The number of ether oxygens (including phenoxy) is 1. The molecule has 0 radical (unpaired) electrons. The van der Waals surface area contributed by atoms with Crippen LogP contribution in [0.15, 0.2) is 42.9 Å². The van der Waals surface area contributed by atoms with E-state index in [1.165, 1.54) is 4.68 Å². The Kier molecular flexibility index (Phi) is 4.76. The number of halogens is 1. The predicted molar refractivity (Wildman–Crippen MR) is 85.8 cm³/mol. The SMILES string of the molecule is O=C(O)Cn1cc(-c2cn(CCOc3ccc(Cl)cc3)nn2)cn1. The number of hydrogen-bond donors (Lipinski definition) is 1. The first-order chi connectivity index (χ1) is 11.6. The Morgan fingerprint density at radius 1 is 1.21 bits per heavy atom. The average Bonchev–Trinajstić information content (AvgIpc) is 3.18. The van der Waals surface area contributed by atoms with Crippen molar-refractivity contribution < 1.29 is 14.6 Å². The van der Waals surface area contributed by atoms with E-state index in [4.69, 9.17) is 21.4 Å². The number of carbonyl (C=O) groups is 1. The summed E-state index contributed by atoms with van der Waals surface area (Å²) in [4.78, 5) is 10.7. The van der Waals surface area contributed by atoms with Crippen LogP contribution in [0, 0.1) is 0 Å². The molecule has 3 aromatic rings. The molecule has 24 heavy (non-hydrogen) atoms. The van der Waals surface area contributed by atoms with E-state index in [0.29, 0.717) is 29.4 Å². The number of hydrogen-bond acceptors (Lipinski definition) is 5. The molecule has 8 nitrogen and oxygen atoms in total. The first-order valence-electron chi connectivity index (χ1n) is 7.13. The largest absolute Gasteiger partial charge is 0.492 e. The Morgan fingerprint density at radius 3 is 2.75 bits per heavy atom. The van der Waals surface area contributed by atoms with Crippen molar-refractivity contribution in [2.24, 2.45) is 0 Å². The molecule has 1 N–H and O–H groups in total. The number of rotatable bonds is 7. The fourth-order valence-electron chi connectivity index (χ4n) is 2.05. The minimum absolute atomic E-state index is 0.191. The van der Waals surface area contributed by atoms with Crippen molar-refractivity contribution in [1.29, 1.82) is 0 Å². The van der Waals surface area contributed by atoms with Gasteiger partial charge >= 0.3 is 5.97 Å². The Labute approximate surface area is 142 Å². The molecule has 0 saturated carbocycles. The maximum Gasteiger partial charge on any atom is 0.325 e. The highest BCUT2D eigenvalue weighted by molar-refractivity contribution is 6.30. The van der Waals surface area contributed by atoms with Crippen LogP contribution in [-0.2, 0) is 17.9 Å². The molecule has 2 aromatic heterocycles. The molecule has 0 aliphatic carbocycles. The van der Waals surface area contributed by atoms with E-state index in [1.807, 2.05) is 0 Å². The standard InChI is InChI=1S/C15H14ClN5O3/c16-12-1-3-13(4-2-12)24-6-5-20-9-14(18-19-20)11-7-17-21(8-11)10-15(22)23/h1-4,7-9H,5-6,10H2,(H,22,23). The molecule has 3 rings (SSSR count). The molecule has 0 unspecified atom stereocenters. The second-order valence-electron chi connectivity index (χ2n) is 4.99. The van der Waals surface area contributed by atoms with Gasteiger partial charge in [-0.2, -0.15) is 5.10 Å². The van der Waals surface area contributed by atoms with Gasteiger partial charge in [0, 0.05) is 16.8 Å². The summed E-state index contributed by atoms with van der Waals surface area (Å²) in [6.45, 7) is 0.769. The summed E-state index contributed by atoms with van der Waals surface area (Å²) in [6, 6.07) is 7.12. The van der Waals surface area contributed by atoms with E-state index in [0.717, 1.165) is 5.75 Å². The summed E-state index contributed by atoms with van der Waals surface area (Å²) >= 11 is 5.81. The Balaban J connectivity index is 1.56. The molecular weight excluding hydrogens is 334 g/mol. The summed E-state index contributed by atoms with van der Waals surface area (Å²) in [6.07, 6.45) is 4.93. The summed E-state index contributed by atoms with van der Waals surface area (Å²) in [5.74, 6) is -0.220. The van der Waals surface area contributed by atoms with Crippen molar-refractivity contribution in [3.05, 3.63) is 47.9 Å². The molecule has 0 spiro atoms. The fourth-order valence-corrected chi connectivity index (χ4v) is 2.17. The zero-order chi connectivity index (χ0) is 16.9. The maximum atomic E-state index is 10.7. The topological polar surface area (TPSA) is 95.1 Å². The molecule has 124 valence electrons. The van der Waals surface area contributed by atoms with Crippen LogP contribution in [0.4, 0.5) is 0 Å². The lowest BCUT2D eigenvalue weighted by Gasteiger charge is -2.05. The number of aromatic nitrogens is 5. The van der Waals surface area contributed by atoms with Gasteiger partial charge in [0.1, 0.15) is 24.6 Å². The van der Waals surface area contributed by atoms with E-state index in [9.17, 15) is 4.79 Å². The highest BCUT2D eigenvalue weighted by atomic mass is 35.5. The Bertz CT molecular complexity index is 828. The molecule has 0 bridgehead atoms. The zero-order valence-corrected chi connectivity index (χ0v) is 13.3. The first kappa shape index (κ1) is 16.0. The van der Waals surface area contributed by atoms with Gasteiger partial charge in [0.05, 0.1) is 18.9 Å². The number of carboxylic acid groups (broad SMARTS) is 1. The van der Waals surface area contributed by atoms with E-state index < -0.39 is 5.97 Å². The number of nitrogens with zero attached hydrogens (tertiary/aromatic N) is 5. The van der Waals surface area contributed by atoms with Gasteiger partial charge in [0.2, 0.25) is 0 Å². The van der Waals surface area contributed by atoms with E-state index >= 15 is 0 Å². The van der Waals surface area contributed by atoms with Crippen LogP contribution in [0.3, 0.4) is 0 Å². The third-order valence-corrected chi connectivity index (χ3v) is 3.42. The molecular formula is C15H14ClN5O3. The molecule has 0 aliphatic heterocycles. The molecule has 0 atom stereocenters. The van der Waals surface area contributed by atoms with Gasteiger partial charge in [0.15, 0.2) is 0 Å².